The van der Waals surface area contributed by atoms with Gasteiger partial charge in [0.1, 0.15) is 12.1 Å². The van der Waals surface area contributed by atoms with Gasteiger partial charge in [-0.1, -0.05) is 0 Å². The zero-order valence-electron chi connectivity index (χ0n) is 18.5. The first kappa shape index (κ1) is 22.0. The van der Waals surface area contributed by atoms with E-state index in [2.05, 4.69) is 25.3 Å². The van der Waals surface area contributed by atoms with Gasteiger partial charge in [-0.15, -0.1) is 0 Å². The molecule has 0 radical (unpaired) electrons. The number of hydrogen-bond acceptors (Lipinski definition) is 9. The van der Waals surface area contributed by atoms with Gasteiger partial charge in [-0.25, -0.2) is 9.97 Å². The van der Waals surface area contributed by atoms with Gasteiger partial charge in [-0.2, -0.15) is 5.10 Å². The van der Waals surface area contributed by atoms with E-state index in [-0.39, 0.29) is 29.1 Å². The topological polar surface area (TPSA) is 151 Å². The Labute approximate surface area is 195 Å². The van der Waals surface area contributed by atoms with E-state index in [1.54, 1.807) is 23.1 Å². The van der Waals surface area contributed by atoms with Crippen LogP contribution in [-0.4, -0.2) is 70.6 Å². The van der Waals surface area contributed by atoms with Crippen LogP contribution in [-0.2, 0) is 16.0 Å². The van der Waals surface area contributed by atoms with Crippen LogP contribution >= 0.6 is 0 Å². The molecule has 34 heavy (non-hydrogen) atoms. The molecule has 0 unspecified atom stereocenters. The van der Waals surface area contributed by atoms with Crippen LogP contribution < -0.4 is 16.0 Å². The number of carbonyl (C=O) groups is 2. The largest absolute Gasteiger partial charge is 0.444 e. The Morgan fingerprint density at radius 3 is 2.85 bits per heavy atom. The summed E-state index contributed by atoms with van der Waals surface area (Å²) in [5.41, 5.74) is 6.39. The van der Waals surface area contributed by atoms with Crippen molar-refractivity contribution in [2.75, 3.05) is 43.1 Å². The molecule has 2 aliphatic heterocycles. The van der Waals surface area contributed by atoms with Crippen molar-refractivity contribution in [2.45, 2.75) is 25.5 Å². The van der Waals surface area contributed by atoms with Crippen molar-refractivity contribution >= 4 is 23.3 Å². The molecule has 12 heteroatoms. The summed E-state index contributed by atoms with van der Waals surface area (Å²) < 4.78 is 18.1. The fourth-order valence-corrected chi connectivity index (χ4v) is 4.00. The lowest BCUT2D eigenvalue weighted by Crippen LogP contribution is -2.36. The van der Waals surface area contributed by atoms with E-state index in [0.29, 0.717) is 31.9 Å². The third-order valence-corrected chi connectivity index (χ3v) is 5.72. The van der Waals surface area contributed by atoms with Crippen LogP contribution in [0.4, 0.5) is 11.5 Å². The van der Waals surface area contributed by atoms with E-state index in [1.807, 2.05) is 6.07 Å². The number of pyridine rings is 1. The van der Waals surface area contributed by atoms with E-state index < -0.39 is 11.8 Å². The fourth-order valence-electron chi connectivity index (χ4n) is 4.00. The number of carbonyl (C=O) groups excluding carboxylic acids is 2. The SMILES string of the molecule is NC(=O)c1nn(C[C@H]2CCCO2)cc1NC(=O)c1coc(-c2ccnc(N3CCOCC3)c2)n1. The summed E-state index contributed by atoms with van der Waals surface area (Å²) >= 11 is 0. The van der Waals surface area contributed by atoms with Crippen LogP contribution in [0.5, 0.6) is 0 Å². The van der Waals surface area contributed by atoms with Crippen molar-refractivity contribution < 1.29 is 23.5 Å². The number of nitrogens with one attached hydrogen (secondary N) is 1. The molecule has 12 nitrogen and oxygen atoms in total. The second-order valence-electron chi connectivity index (χ2n) is 8.11. The summed E-state index contributed by atoms with van der Waals surface area (Å²) in [5, 5.41) is 6.87. The number of rotatable bonds is 7. The number of hydrogen-bond donors (Lipinski definition) is 2. The van der Waals surface area contributed by atoms with Gasteiger partial charge in [0, 0.05) is 37.7 Å². The summed E-state index contributed by atoms with van der Waals surface area (Å²) in [4.78, 5) is 35.5. The molecular weight excluding hydrogens is 442 g/mol. The zero-order chi connectivity index (χ0) is 23.5. The smallest absolute Gasteiger partial charge is 0.277 e. The monoisotopic (exact) mass is 467 g/mol. The number of nitrogens with two attached hydrogens (primary N) is 1. The number of ether oxygens (including phenoxy) is 2. The Bertz CT molecular complexity index is 1180. The maximum absolute atomic E-state index is 12.8. The van der Waals surface area contributed by atoms with Crippen molar-refractivity contribution in [3.05, 3.63) is 42.2 Å². The van der Waals surface area contributed by atoms with Gasteiger partial charge in [0.25, 0.3) is 11.8 Å². The van der Waals surface area contributed by atoms with E-state index in [4.69, 9.17) is 19.6 Å². The predicted molar refractivity (Wildman–Crippen MR) is 120 cm³/mol. The van der Waals surface area contributed by atoms with Gasteiger partial charge in [-0.05, 0) is 25.0 Å². The molecule has 3 N–H and O–H groups in total. The van der Waals surface area contributed by atoms with Crippen LogP contribution in [0.25, 0.3) is 11.5 Å². The maximum atomic E-state index is 12.8. The number of aromatic nitrogens is 4. The average Bonchev–Trinajstić information content (AvgIpc) is 3.61. The molecule has 3 aromatic heterocycles. The number of amides is 2. The molecule has 1 atom stereocenters. The van der Waals surface area contributed by atoms with Crippen LogP contribution in [0.15, 0.2) is 35.2 Å². The van der Waals surface area contributed by atoms with Crippen molar-refractivity contribution in [2.24, 2.45) is 5.73 Å². The normalized spacial score (nSPS) is 18.2. The van der Waals surface area contributed by atoms with Gasteiger partial charge in [-0.3, -0.25) is 14.3 Å². The minimum atomic E-state index is -0.741. The number of oxazole rings is 1. The number of nitrogens with zero attached hydrogens (tertiary/aromatic N) is 5. The Balaban J connectivity index is 1.31. The molecule has 3 aromatic rings. The lowest BCUT2D eigenvalue weighted by molar-refractivity contribution is 0.0927. The van der Waals surface area contributed by atoms with Gasteiger partial charge < -0.3 is 29.8 Å². The third kappa shape index (κ3) is 4.77. The van der Waals surface area contributed by atoms with Crippen LogP contribution in [0.3, 0.4) is 0 Å². The summed E-state index contributed by atoms with van der Waals surface area (Å²) in [6.07, 6.45) is 6.42. The van der Waals surface area contributed by atoms with E-state index >= 15 is 0 Å². The molecule has 5 rings (SSSR count). The van der Waals surface area contributed by atoms with E-state index in [1.165, 1.54) is 6.26 Å². The standard InChI is InChI=1S/C22H25N7O5/c23-20(30)19-16(12-29(27-19)11-15-2-1-7-33-15)25-21(31)17-13-34-22(26-17)14-3-4-24-18(10-14)28-5-8-32-9-6-28/h3-4,10,12-13,15H,1-2,5-9,11H2,(H2,23,30)(H,25,31)/t15-/m1/s1. The van der Waals surface area contributed by atoms with Gasteiger partial charge in [0.15, 0.2) is 11.4 Å². The number of primary amides is 1. The van der Waals surface area contributed by atoms with Crippen molar-refractivity contribution in [1.29, 1.82) is 0 Å². The van der Waals surface area contributed by atoms with Gasteiger partial charge >= 0.3 is 0 Å². The molecule has 5 heterocycles. The van der Waals surface area contributed by atoms with Gasteiger partial charge in [0.05, 0.1) is 31.5 Å². The minimum absolute atomic E-state index is 0.0185. The molecule has 2 amide bonds. The fraction of sp³-hybridized carbons (Fsp3) is 0.409. The Morgan fingerprint density at radius 2 is 2.09 bits per heavy atom. The number of anilines is 2. The third-order valence-electron chi connectivity index (χ3n) is 5.72. The lowest BCUT2D eigenvalue weighted by atomic mass is 10.2. The molecule has 2 aliphatic rings. The molecule has 0 aliphatic carbocycles. The summed E-state index contributed by atoms with van der Waals surface area (Å²) in [7, 11) is 0. The molecule has 2 saturated heterocycles. The quantitative estimate of drug-likeness (QED) is 0.524. The summed E-state index contributed by atoms with van der Waals surface area (Å²) in [5.74, 6) is -0.215. The Morgan fingerprint density at radius 1 is 1.24 bits per heavy atom. The zero-order valence-corrected chi connectivity index (χ0v) is 18.5. The summed E-state index contributed by atoms with van der Waals surface area (Å²) in [6.45, 7) is 3.96. The molecule has 0 saturated carbocycles. The second kappa shape index (κ2) is 9.61. The van der Waals surface area contributed by atoms with E-state index in [9.17, 15) is 9.59 Å². The van der Waals surface area contributed by atoms with Crippen LogP contribution in [0, 0.1) is 0 Å². The second-order valence-corrected chi connectivity index (χ2v) is 8.11. The van der Waals surface area contributed by atoms with Crippen molar-refractivity contribution in [1.82, 2.24) is 19.7 Å². The molecule has 0 bridgehead atoms. The molecule has 2 fully saturated rings. The molecule has 0 aromatic carbocycles. The van der Waals surface area contributed by atoms with Crippen LogP contribution in [0.2, 0.25) is 0 Å². The molecular formula is C22H25N7O5. The maximum Gasteiger partial charge on any atom is 0.277 e. The first-order valence-electron chi connectivity index (χ1n) is 11.1. The Hall–Kier alpha value is -3.77. The predicted octanol–water partition coefficient (Wildman–Crippen LogP) is 1.30. The highest BCUT2D eigenvalue weighted by molar-refractivity contribution is 6.07. The van der Waals surface area contributed by atoms with E-state index in [0.717, 1.165) is 31.7 Å². The molecule has 178 valence electrons. The van der Waals surface area contributed by atoms with Crippen LogP contribution in [0.1, 0.15) is 33.8 Å². The first-order valence-corrected chi connectivity index (χ1v) is 11.1. The first-order chi connectivity index (χ1) is 16.6. The average molecular weight is 467 g/mol. The Kier molecular flexibility index (Phi) is 6.23. The number of morpholine rings is 1. The molecule has 0 spiro atoms. The lowest BCUT2D eigenvalue weighted by Gasteiger charge is -2.27. The van der Waals surface area contributed by atoms with Crippen molar-refractivity contribution in [3.8, 4) is 11.5 Å². The minimum Gasteiger partial charge on any atom is -0.444 e. The van der Waals surface area contributed by atoms with Crippen molar-refractivity contribution in [3.63, 3.8) is 0 Å². The summed E-state index contributed by atoms with van der Waals surface area (Å²) in [6, 6.07) is 3.62. The van der Waals surface area contributed by atoms with Gasteiger partial charge in [0.2, 0.25) is 5.89 Å². The highest BCUT2D eigenvalue weighted by Gasteiger charge is 2.22. The highest BCUT2D eigenvalue weighted by Crippen LogP contribution is 2.24. The highest BCUT2D eigenvalue weighted by atomic mass is 16.5.